The lowest BCUT2D eigenvalue weighted by Crippen LogP contribution is -2.27. The molecule has 1 fully saturated rings. The molecular formula is C23H19N8O3S-. The molecule has 0 radical (unpaired) electrons. The number of aromatic amines is 2. The van der Waals surface area contributed by atoms with Crippen molar-refractivity contribution < 1.29 is 13.6 Å². The number of likely N-dealkylation sites (tertiary alicyclic amines) is 1. The molecule has 3 N–H and O–H groups in total. The third kappa shape index (κ3) is 3.92. The number of rotatable bonds is 5. The molecule has 0 aliphatic carbocycles. The third-order valence-electron chi connectivity index (χ3n) is 6.06. The highest BCUT2D eigenvalue weighted by Gasteiger charge is 2.23. The number of amides is 1. The molecule has 1 aromatic carbocycles. The second kappa shape index (κ2) is 8.56. The lowest BCUT2D eigenvalue weighted by molar-refractivity contribution is 0.0794. The minimum atomic E-state index is -2.45. The number of para-hydroxylation sites is 1. The summed E-state index contributed by atoms with van der Waals surface area (Å²) < 4.78 is 24.3. The van der Waals surface area contributed by atoms with E-state index < -0.39 is 11.3 Å². The fourth-order valence-corrected chi connectivity index (χ4v) is 4.71. The van der Waals surface area contributed by atoms with Crippen LogP contribution in [0.1, 0.15) is 23.2 Å². The van der Waals surface area contributed by atoms with Gasteiger partial charge >= 0.3 is 0 Å². The number of hydrogen-bond donors (Lipinski definition) is 3. The maximum absolute atomic E-state index is 13.1. The van der Waals surface area contributed by atoms with Crippen LogP contribution in [0.3, 0.4) is 0 Å². The van der Waals surface area contributed by atoms with Gasteiger partial charge in [0.1, 0.15) is 11.2 Å². The Morgan fingerprint density at radius 2 is 1.94 bits per heavy atom. The predicted octanol–water partition coefficient (Wildman–Crippen LogP) is 3.01. The fraction of sp³-hybridized carbons (Fsp3) is 0.174. The van der Waals surface area contributed by atoms with Crippen LogP contribution in [0, 0.1) is 0 Å². The van der Waals surface area contributed by atoms with Crippen molar-refractivity contribution in [2.45, 2.75) is 12.8 Å². The van der Waals surface area contributed by atoms with Crippen molar-refractivity contribution in [3.05, 3.63) is 54.5 Å². The lowest BCUT2D eigenvalue weighted by atomic mass is 10.1. The van der Waals surface area contributed by atoms with Crippen molar-refractivity contribution in [3.63, 3.8) is 0 Å². The molecule has 5 aromatic rings. The van der Waals surface area contributed by atoms with Crippen LogP contribution in [-0.4, -0.2) is 62.8 Å². The summed E-state index contributed by atoms with van der Waals surface area (Å²) in [7, 11) is 0. The van der Waals surface area contributed by atoms with Crippen molar-refractivity contribution in [1.82, 2.24) is 35.0 Å². The molecule has 0 saturated carbocycles. The first-order valence-corrected chi connectivity index (χ1v) is 12.1. The van der Waals surface area contributed by atoms with Gasteiger partial charge in [-0.15, -0.1) is 0 Å². The van der Waals surface area contributed by atoms with Gasteiger partial charge in [-0.3, -0.25) is 19.1 Å². The van der Waals surface area contributed by atoms with Gasteiger partial charge in [0.05, 0.1) is 28.4 Å². The molecule has 0 spiro atoms. The van der Waals surface area contributed by atoms with E-state index in [1.165, 1.54) is 6.20 Å². The van der Waals surface area contributed by atoms with Gasteiger partial charge < -0.3 is 19.2 Å². The number of H-pyrrole nitrogens is 2. The number of nitrogens with zero attached hydrogens (tertiary/aromatic N) is 5. The summed E-state index contributed by atoms with van der Waals surface area (Å²) in [5, 5.41) is 8.02. The first-order valence-electron chi connectivity index (χ1n) is 11.0. The third-order valence-corrected chi connectivity index (χ3v) is 6.46. The zero-order valence-electron chi connectivity index (χ0n) is 18.3. The smallest absolute Gasteiger partial charge is 0.256 e. The average molecular weight is 488 g/mol. The number of hydrogen-bond acceptors (Lipinski definition) is 7. The van der Waals surface area contributed by atoms with E-state index in [9.17, 15) is 13.6 Å². The standard InChI is InChI=1S/C23H20N8O3S/c32-23(31-6-1-2-7-31)16-4-3-5-18-19(16)27-22(26-18)20-17-9-14(11-25-21(17)29-28-20)13-8-15(12-24-10-13)30-35(33)34/h3-5,8-12,30H,1-2,6-7H2,(H,26,27)(H,33,34)(H,25,28,29)/p-1. The summed E-state index contributed by atoms with van der Waals surface area (Å²) in [6.07, 6.45) is 6.73. The minimum Gasteiger partial charge on any atom is -0.755 e. The van der Waals surface area contributed by atoms with E-state index in [1.807, 2.05) is 23.1 Å². The van der Waals surface area contributed by atoms with E-state index in [0.717, 1.165) is 42.4 Å². The van der Waals surface area contributed by atoms with E-state index >= 15 is 0 Å². The molecule has 5 heterocycles. The Morgan fingerprint density at radius 1 is 1.11 bits per heavy atom. The van der Waals surface area contributed by atoms with Crippen molar-refractivity contribution in [3.8, 4) is 22.6 Å². The average Bonchev–Trinajstić information content (AvgIpc) is 3.62. The highest BCUT2D eigenvalue weighted by atomic mass is 32.2. The van der Waals surface area contributed by atoms with E-state index in [2.05, 4.69) is 29.9 Å². The number of carbonyl (C=O) groups is 1. The van der Waals surface area contributed by atoms with Crippen molar-refractivity contribution in [2.24, 2.45) is 0 Å². The maximum atomic E-state index is 13.1. The summed E-state index contributed by atoms with van der Waals surface area (Å²) >= 11 is -2.45. The molecule has 1 aliphatic heterocycles. The zero-order chi connectivity index (χ0) is 23.9. The summed E-state index contributed by atoms with van der Waals surface area (Å²) in [5.41, 5.74) is 4.83. The van der Waals surface area contributed by atoms with Gasteiger partial charge in [0.2, 0.25) is 0 Å². The summed E-state index contributed by atoms with van der Waals surface area (Å²) in [5.74, 6) is 0.531. The zero-order valence-corrected chi connectivity index (χ0v) is 19.1. The van der Waals surface area contributed by atoms with Crippen molar-refractivity contribution in [2.75, 3.05) is 17.8 Å². The highest BCUT2D eigenvalue weighted by molar-refractivity contribution is 7.80. The Labute approximate surface area is 201 Å². The van der Waals surface area contributed by atoms with Gasteiger partial charge in [0.25, 0.3) is 5.91 Å². The van der Waals surface area contributed by atoms with Crippen LogP contribution < -0.4 is 4.72 Å². The fourth-order valence-electron chi connectivity index (χ4n) is 4.40. The van der Waals surface area contributed by atoms with Crippen molar-refractivity contribution >= 4 is 44.9 Å². The molecule has 1 unspecified atom stereocenters. The van der Waals surface area contributed by atoms with Gasteiger partial charge in [-0.25, -0.2) is 9.97 Å². The van der Waals surface area contributed by atoms with Crippen LogP contribution in [0.25, 0.3) is 44.7 Å². The number of benzene rings is 1. The first-order chi connectivity index (χ1) is 17.1. The summed E-state index contributed by atoms with van der Waals surface area (Å²) in [6.45, 7) is 1.53. The molecule has 6 rings (SSSR count). The molecule has 1 saturated heterocycles. The van der Waals surface area contributed by atoms with E-state index in [0.29, 0.717) is 39.5 Å². The molecule has 0 bridgehead atoms. The molecule has 35 heavy (non-hydrogen) atoms. The van der Waals surface area contributed by atoms with Crippen LogP contribution >= 0.6 is 0 Å². The molecule has 11 nitrogen and oxygen atoms in total. The number of aromatic nitrogens is 6. The number of imidazole rings is 1. The summed E-state index contributed by atoms with van der Waals surface area (Å²) in [6, 6.07) is 9.10. The van der Waals surface area contributed by atoms with Crippen LogP contribution in [-0.2, 0) is 11.3 Å². The van der Waals surface area contributed by atoms with Crippen LogP contribution in [0.2, 0.25) is 0 Å². The van der Waals surface area contributed by atoms with Crippen LogP contribution in [0.5, 0.6) is 0 Å². The Hall–Kier alpha value is -4.16. The molecule has 4 aromatic heterocycles. The van der Waals surface area contributed by atoms with Gasteiger partial charge in [0, 0.05) is 47.9 Å². The number of carbonyl (C=O) groups excluding carboxylic acids is 1. The number of anilines is 1. The lowest BCUT2D eigenvalue weighted by Gasteiger charge is -2.15. The summed E-state index contributed by atoms with van der Waals surface area (Å²) in [4.78, 5) is 31.5. The quantitative estimate of drug-likeness (QED) is 0.322. The molecule has 12 heteroatoms. The minimum absolute atomic E-state index is 0.00965. The Bertz CT molecular complexity index is 1610. The predicted molar refractivity (Wildman–Crippen MR) is 130 cm³/mol. The number of pyridine rings is 2. The van der Waals surface area contributed by atoms with Gasteiger partial charge in [-0.1, -0.05) is 6.07 Å². The Kier molecular flexibility index (Phi) is 5.23. The van der Waals surface area contributed by atoms with Gasteiger partial charge in [-0.05, 0) is 37.1 Å². The monoisotopic (exact) mass is 487 g/mol. The van der Waals surface area contributed by atoms with Gasteiger partial charge in [0.15, 0.2) is 11.5 Å². The van der Waals surface area contributed by atoms with Crippen LogP contribution in [0.4, 0.5) is 5.69 Å². The maximum Gasteiger partial charge on any atom is 0.256 e. The first kappa shape index (κ1) is 21.4. The van der Waals surface area contributed by atoms with Gasteiger partial charge in [-0.2, -0.15) is 5.10 Å². The van der Waals surface area contributed by atoms with E-state index in [-0.39, 0.29) is 5.91 Å². The Balaban J connectivity index is 1.41. The topological polar surface area (TPSA) is 156 Å². The molecular weight excluding hydrogens is 468 g/mol. The van der Waals surface area contributed by atoms with Crippen LogP contribution in [0.15, 0.2) is 48.9 Å². The van der Waals surface area contributed by atoms with E-state index in [1.54, 1.807) is 24.5 Å². The second-order valence-corrected chi connectivity index (χ2v) is 8.95. The molecule has 1 amide bonds. The number of fused-ring (bicyclic) bond motifs is 2. The van der Waals surface area contributed by atoms with Crippen molar-refractivity contribution in [1.29, 1.82) is 0 Å². The van der Waals surface area contributed by atoms with E-state index in [4.69, 9.17) is 4.98 Å². The molecule has 1 atom stereocenters. The highest BCUT2D eigenvalue weighted by Crippen LogP contribution is 2.30. The Morgan fingerprint density at radius 3 is 2.77 bits per heavy atom. The molecule has 176 valence electrons. The number of nitrogens with one attached hydrogen (secondary N) is 3. The normalized spacial score (nSPS) is 14.6. The second-order valence-electron chi connectivity index (χ2n) is 8.28. The largest absolute Gasteiger partial charge is 0.755 e. The molecule has 1 aliphatic rings. The SMILES string of the molecule is O=C(c1cccc2[nH]c(-c3[nH]nc4ncc(-c5cncc(NS(=O)[O-])c5)cc34)nc12)N1CCCC1.